The molecule has 4 aromatic rings. The Morgan fingerprint density at radius 1 is 1.15 bits per heavy atom. The standard InChI is InChI=1S/C29H30FN3O4S2/c1-36-11-12-37-23-10-9-19(16-22(23)30)26-25(14-18-6-3-2-4-7-18)39-29(32-26)33-27-21(28(34)35)15-20(17-31-27)24-8-5-13-38-24/h5,8-10,13,15-18H,2-4,6-7,11-12,14H2,1H3,(H,34,35)(H,31,32,33). The van der Waals surface area contributed by atoms with Crippen molar-refractivity contribution < 1.29 is 23.8 Å². The van der Waals surface area contributed by atoms with Crippen molar-refractivity contribution in [2.24, 2.45) is 5.92 Å². The number of rotatable bonds is 11. The molecule has 0 atom stereocenters. The second-order valence-electron chi connectivity index (χ2n) is 9.51. The third-order valence-corrected chi connectivity index (χ3v) is 8.71. The van der Waals surface area contributed by atoms with Crippen LogP contribution < -0.4 is 10.1 Å². The molecule has 1 aliphatic carbocycles. The first-order chi connectivity index (χ1) is 19.0. The van der Waals surface area contributed by atoms with Crippen LogP contribution >= 0.6 is 22.7 Å². The molecule has 7 nitrogen and oxygen atoms in total. The number of pyridine rings is 1. The molecule has 10 heteroatoms. The van der Waals surface area contributed by atoms with E-state index >= 15 is 0 Å². The number of anilines is 2. The molecule has 0 radical (unpaired) electrons. The fraction of sp³-hybridized carbons (Fsp3) is 0.345. The molecule has 204 valence electrons. The van der Waals surface area contributed by atoms with Crippen LogP contribution in [0.5, 0.6) is 5.75 Å². The molecule has 1 fully saturated rings. The molecule has 3 aromatic heterocycles. The highest BCUT2D eigenvalue weighted by atomic mass is 32.1. The van der Waals surface area contributed by atoms with Gasteiger partial charge in [0.2, 0.25) is 0 Å². The first-order valence-corrected chi connectivity index (χ1v) is 14.7. The van der Waals surface area contributed by atoms with Crippen molar-refractivity contribution in [1.29, 1.82) is 0 Å². The topological polar surface area (TPSA) is 93.6 Å². The Labute approximate surface area is 234 Å². The molecule has 1 saturated carbocycles. The zero-order valence-electron chi connectivity index (χ0n) is 21.6. The first kappa shape index (κ1) is 27.2. The second-order valence-corrected chi connectivity index (χ2v) is 11.5. The van der Waals surface area contributed by atoms with Crippen LogP contribution in [-0.2, 0) is 11.2 Å². The predicted molar refractivity (Wildman–Crippen MR) is 153 cm³/mol. The summed E-state index contributed by atoms with van der Waals surface area (Å²) >= 11 is 2.99. The molecule has 0 aliphatic heterocycles. The number of halogens is 1. The van der Waals surface area contributed by atoms with Gasteiger partial charge in [-0.2, -0.15) is 0 Å². The van der Waals surface area contributed by atoms with Gasteiger partial charge in [-0.3, -0.25) is 0 Å². The van der Waals surface area contributed by atoms with E-state index < -0.39 is 11.8 Å². The molecular formula is C29H30FN3O4S2. The number of carbonyl (C=O) groups is 1. The van der Waals surface area contributed by atoms with E-state index in [0.717, 1.165) is 34.6 Å². The Bertz CT molecular complexity index is 1420. The summed E-state index contributed by atoms with van der Waals surface area (Å²) in [6.07, 6.45) is 8.53. The van der Waals surface area contributed by atoms with Gasteiger partial charge in [0, 0.05) is 34.2 Å². The third kappa shape index (κ3) is 6.63. The van der Waals surface area contributed by atoms with E-state index in [1.807, 2.05) is 23.6 Å². The van der Waals surface area contributed by atoms with Crippen LogP contribution in [0.15, 0.2) is 48.0 Å². The van der Waals surface area contributed by atoms with Crippen molar-refractivity contribution in [3.05, 3.63) is 64.2 Å². The highest BCUT2D eigenvalue weighted by molar-refractivity contribution is 7.16. The maximum atomic E-state index is 14.9. The van der Waals surface area contributed by atoms with Crippen molar-refractivity contribution >= 4 is 39.6 Å². The molecule has 0 saturated heterocycles. The van der Waals surface area contributed by atoms with E-state index in [9.17, 15) is 14.3 Å². The van der Waals surface area contributed by atoms with Crippen LogP contribution in [0.1, 0.15) is 47.3 Å². The Balaban J connectivity index is 1.46. The average Bonchev–Trinajstić information content (AvgIpc) is 3.61. The molecule has 5 rings (SSSR count). The summed E-state index contributed by atoms with van der Waals surface area (Å²) in [6.45, 7) is 0.628. The zero-order valence-corrected chi connectivity index (χ0v) is 23.2. The monoisotopic (exact) mass is 567 g/mol. The number of methoxy groups -OCH3 is 1. The zero-order chi connectivity index (χ0) is 27.2. The van der Waals surface area contributed by atoms with E-state index in [1.165, 1.54) is 48.0 Å². The molecule has 0 unspecified atom stereocenters. The van der Waals surface area contributed by atoms with Crippen molar-refractivity contribution in [2.45, 2.75) is 38.5 Å². The summed E-state index contributed by atoms with van der Waals surface area (Å²) in [6, 6.07) is 10.3. The van der Waals surface area contributed by atoms with Crippen molar-refractivity contribution in [2.75, 3.05) is 25.6 Å². The average molecular weight is 568 g/mol. The minimum atomic E-state index is -1.08. The number of ether oxygens (including phenoxy) is 2. The molecule has 2 N–H and O–H groups in total. The number of hydrogen-bond acceptors (Lipinski definition) is 8. The van der Waals surface area contributed by atoms with Gasteiger partial charge in [-0.1, -0.05) is 38.2 Å². The Hall–Kier alpha value is -3.34. The smallest absolute Gasteiger partial charge is 0.339 e. The minimum absolute atomic E-state index is 0.0649. The number of thiophene rings is 1. The molecule has 1 aromatic carbocycles. The third-order valence-electron chi connectivity index (χ3n) is 6.80. The maximum Gasteiger partial charge on any atom is 0.339 e. The molecule has 1 aliphatic rings. The number of benzene rings is 1. The van der Waals surface area contributed by atoms with E-state index in [1.54, 1.807) is 25.4 Å². The first-order valence-electron chi connectivity index (χ1n) is 13.0. The van der Waals surface area contributed by atoms with Gasteiger partial charge in [0.25, 0.3) is 0 Å². The number of nitrogens with zero attached hydrogens (tertiary/aromatic N) is 2. The molecule has 3 heterocycles. The number of carboxylic acid groups (broad SMARTS) is 1. The number of hydrogen-bond donors (Lipinski definition) is 2. The molecule has 0 bridgehead atoms. The summed E-state index contributed by atoms with van der Waals surface area (Å²) in [5.41, 5.74) is 2.16. The number of carboxylic acids is 1. The Kier molecular flexibility index (Phi) is 8.85. The van der Waals surface area contributed by atoms with Gasteiger partial charge in [0.05, 0.1) is 12.3 Å². The summed E-state index contributed by atoms with van der Waals surface area (Å²) in [5.74, 6) is -0.604. The quantitative estimate of drug-likeness (QED) is 0.180. The van der Waals surface area contributed by atoms with Gasteiger partial charge < -0.3 is 19.9 Å². The van der Waals surface area contributed by atoms with Gasteiger partial charge in [0.1, 0.15) is 18.0 Å². The van der Waals surface area contributed by atoms with Gasteiger partial charge in [0.15, 0.2) is 16.7 Å². The summed E-state index contributed by atoms with van der Waals surface area (Å²) in [7, 11) is 1.57. The Morgan fingerprint density at radius 3 is 2.72 bits per heavy atom. The van der Waals surface area contributed by atoms with Crippen LogP contribution in [0.4, 0.5) is 15.3 Å². The van der Waals surface area contributed by atoms with E-state index in [-0.39, 0.29) is 23.7 Å². The van der Waals surface area contributed by atoms with Gasteiger partial charge >= 0.3 is 5.97 Å². The second kappa shape index (κ2) is 12.7. The SMILES string of the molecule is COCCOc1ccc(-c2nc(Nc3ncc(-c4cccs4)cc3C(=O)O)sc2CC2CCCCC2)cc1F. The number of nitrogens with one attached hydrogen (secondary N) is 1. The number of aromatic carboxylic acids is 1. The number of thiazole rings is 1. The highest BCUT2D eigenvalue weighted by Crippen LogP contribution is 2.38. The van der Waals surface area contributed by atoms with Crippen LogP contribution in [0.25, 0.3) is 21.7 Å². The summed E-state index contributed by atoms with van der Waals surface area (Å²) in [5, 5.41) is 15.5. The van der Waals surface area contributed by atoms with E-state index in [0.29, 0.717) is 28.9 Å². The van der Waals surface area contributed by atoms with E-state index in [2.05, 4.69) is 10.3 Å². The van der Waals surface area contributed by atoms with Crippen LogP contribution in [-0.4, -0.2) is 41.4 Å². The van der Waals surface area contributed by atoms with Gasteiger partial charge in [-0.15, -0.1) is 22.7 Å². The number of aromatic nitrogens is 2. The molecule has 0 spiro atoms. The lowest BCUT2D eigenvalue weighted by atomic mass is 9.86. The molecule has 0 amide bonds. The summed E-state index contributed by atoms with van der Waals surface area (Å²) < 4.78 is 25.4. The molecule has 39 heavy (non-hydrogen) atoms. The van der Waals surface area contributed by atoms with Gasteiger partial charge in [-0.05, 0) is 48.1 Å². The van der Waals surface area contributed by atoms with Crippen molar-refractivity contribution in [3.63, 3.8) is 0 Å². The largest absolute Gasteiger partial charge is 0.488 e. The summed E-state index contributed by atoms with van der Waals surface area (Å²) in [4.78, 5) is 23.3. The lowest BCUT2D eigenvalue weighted by Crippen LogP contribution is -2.09. The maximum absolute atomic E-state index is 14.9. The van der Waals surface area contributed by atoms with E-state index in [4.69, 9.17) is 14.5 Å². The van der Waals surface area contributed by atoms with Crippen LogP contribution in [0.2, 0.25) is 0 Å². The lowest BCUT2D eigenvalue weighted by molar-refractivity contribution is 0.0697. The van der Waals surface area contributed by atoms with Gasteiger partial charge in [-0.25, -0.2) is 19.2 Å². The minimum Gasteiger partial charge on any atom is -0.488 e. The van der Waals surface area contributed by atoms with Crippen molar-refractivity contribution in [1.82, 2.24) is 9.97 Å². The lowest BCUT2D eigenvalue weighted by Gasteiger charge is -2.21. The van der Waals surface area contributed by atoms with Crippen molar-refractivity contribution in [3.8, 4) is 27.4 Å². The van der Waals surface area contributed by atoms with Crippen LogP contribution in [0, 0.1) is 11.7 Å². The predicted octanol–water partition coefficient (Wildman–Crippen LogP) is 7.66. The van der Waals surface area contributed by atoms with Crippen LogP contribution in [0.3, 0.4) is 0 Å². The molecular weight excluding hydrogens is 537 g/mol. The fourth-order valence-corrected chi connectivity index (χ4v) is 6.63. The Morgan fingerprint density at radius 2 is 2.00 bits per heavy atom. The highest BCUT2D eigenvalue weighted by Gasteiger charge is 2.22. The normalized spacial score (nSPS) is 13.9. The fourth-order valence-electron chi connectivity index (χ4n) is 4.83.